The summed E-state index contributed by atoms with van der Waals surface area (Å²) in [4.78, 5) is 19.3. The Labute approximate surface area is 235 Å². The first kappa shape index (κ1) is 23.2. The monoisotopic (exact) mass is 526 g/mol. The third-order valence-corrected chi connectivity index (χ3v) is 7.43. The SMILES string of the molecule is c1ccc(-c2nc(-c3ccccc3)nc(-c3ccccc3-c3cccc4c3ccc3oc5ncccc5c34)n2)cc1. The first-order chi connectivity index (χ1) is 20.3. The summed E-state index contributed by atoms with van der Waals surface area (Å²) >= 11 is 0. The van der Waals surface area contributed by atoms with Crippen molar-refractivity contribution in [3.05, 3.63) is 134 Å². The van der Waals surface area contributed by atoms with E-state index >= 15 is 0 Å². The molecule has 8 aromatic rings. The molecule has 192 valence electrons. The fourth-order valence-corrected chi connectivity index (χ4v) is 5.54. The van der Waals surface area contributed by atoms with Crippen LogP contribution in [0, 0.1) is 0 Å². The van der Waals surface area contributed by atoms with Crippen LogP contribution < -0.4 is 0 Å². The molecule has 5 aromatic carbocycles. The zero-order valence-corrected chi connectivity index (χ0v) is 21.9. The van der Waals surface area contributed by atoms with Crippen molar-refractivity contribution in [1.29, 1.82) is 0 Å². The van der Waals surface area contributed by atoms with E-state index in [1.54, 1.807) is 6.20 Å². The summed E-state index contributed by atoms with van der Waals surface area (Å²) in [5, 5.41) is 4.32. The summed E-state index contributed by atoms with van der Waals surface area (Å²) < 4.78 is 6.07. The molecule has 3 aromatic heterocycles. The van der Waals surface area contributed by atoms with E-state index in [-0.39, 0.29) is 0 Å². The van der Waals surface area contributed by atoms with Gasteiger partial charge < -0.3 is 4.42 Å². The van der Waals surface area contributed by atoms with Crippen molar-refractivity contribution in [2.45, 2.75) is 0 Å². The van der Waals surface area contributed by atoms with Gasteiger partial charge in [-0.15, -0.1) is 0 Å². The molecule has 8 rings (SSSR count). The maximum Gasteiger partial charge on any atom is 0.227 e. The van der Waals surface area contributed by atoms with E-state index in [1.807, 2.05) is 78.9 Å². The average Bonchev–Trinajstić information content (AvgIpc) is 3.44. The third-order valence-electron chi connectivity index (χ3n) is 7.43. The minimum Gasteiger partial charge on any atom is -0.438 e. The lowest BCUT2D eigenvalue weighted by molar-refractivity contribution is 0.654. The molecule has 41 heavy (non-hydrogen) atoms. The van der Waals surface area contributed by atoms with Crippen LogP contribution >= 0.6 is 0 Å². The van der Waals surface area contributed by atoms with Crippen molar-refractivity contribution in [3.63, 3.8) is 0 Å². The number of pyridine rings is 1. The van der Waals surface area contributed by atoms with Crippen LogP contribution in [0.2, 0.25) is 0 Å². The smallest absolute Gasteiger partial charge is 0.227 e. The van der Waals surface area contributed by atoms with Crippen molar-refractivity contribution < 1.29 is 4.42 Å². The molecule has 0 spiro atoms. The highest BCUT2D eigenvalue weighted by atomic mass is 16.3. The topological polar surface area (TPSA) is 64.7 Å². The minimum absolute atomic E-state index is 0.629. The number of rotatable bonds is 4. The quantitative estimate of drug-likeness (QED) is 0.229. The first-order valence-electron chi connectivity index (χ1n) is 13.5. The predicted octanol–water partition coefficient (Wildman–Crippen LogP) is 8.99. The molecule has 5 heteroatoms. The highest BCUT2D eigenvalue weighted by Gasteiger charge is 2.18. The fraction of sp³-hybridized carbons (Fsp3) is 0. The van der Waals surface area contributed by atoms with Gasteiger partial charge >= 0.3 is 0 Å². The van der Waals surface area contributed by atoms with E-state index in [2.05, 4.69) is 53.5 Å². The maximum absolute atomic E-state index is 6.07. The Hall–Kier alpha value is -5.68. The van der Waals surface area contributed by atoms with Crippen LogP contribution in [0.4, 0.5) is 0 Å². The van der Waals surface area contributed by atoms with Crippen molar-refractivity contribution in [2.75, 3.05) is 0 Å². The molecule has 0 aliphatic heterocycles. The van der Waals surface area contributed by atoms with Crippen LogP contribution in [0.25, 0.3) is 78.1 Å². The van der Waals surface area contributed by atoms with Crippen LogP contribution in [0.5, 0.6) is 0 Å². The van der Waals surface area contributed by atoms with Gasteiger partial charge in [-0.05, 0) is 40.1 Å². The van der Waals surface area contributed by atoms with E-state index in [0.717, 1.165) is 54.9 Å². The molecule has 5 nitrogen and oxygen atoms in total. The molecule has 3 heterocycles. The van der Waals surface area contributed by atoms with Crippen molar-refractivity contribution in [1.82, 2.24) is 19.9 Å². The molecule has 0 radical (unpaired) electrons. The summed E-state index contributed by atoms with van der Waals surface area (Å²) in [6.07, 6.45) is 1.76. The zero-order valence-electron chi connectivity index (χ0n) is 21.9. The molecule has 0 fully saturated rings. The minimum atomic E-state index is 0.629. The summed E-state index contributed by atoms with van der Waals surface area (Å²) in [5.41, 5.74) is 6.45. The number of nitrogens with zero attached hydrogens (tertiary/aromatic N) is 4. The van der Waals surface area contributed by atoms with E-state index in [9.17, 15) is 0 Å². The van der Waals surface area contributed by atoms with Crippen molar-refractivity contribution in [3.8, 4) is 45.3 Å². The van der Waals surface area contributed by atoms with Gasteiger partial charge in [0.25, 0.3) is 0 Å². The van der Waals surface area contributed by atoms with E-state index < -0.39 is 0 Å². The molecule has 0 saturated heterocycles. The Morgan fingerprint density at radius 3 is 1.76 bits per heavy atom. The second kappa shape index (κ2) is 9.50. The van der Waals surface area contributed by atoms with Gasteiger partial charge in [-0.1, -0.05) is 109 Å². The lowest BCUT2D eigenvalue weighted by Crippen LogP contribution is -2.01. The van der Waals surface area contributed by atoms with Crippen LogP contribution in [0.3, 0.4) is 0 Å². The van der Waals surface area contributed by atoms with Crippen LogP contribution in [-0.2, 0) is 0 Å². The molecule has 0 unspecified atom stereocenters. The Morgan fingerprint density at radius 2 is 1.02 bits per heavy atom. The molecule has 0 saturated carbocycles. The average molecular weight is 527 g/mol. The van der Waals surface area contributed by atoms with Crippen molar-refractivity contribution in [2.24, 2.45) is 0 Å². The summed E-state index contributed by atoms with van der Waals surface area (Å²) in [6, 6.07) is 43.0. The molecule has 0 aliphatic rings. The highest BCUT2D eigenvalue weighted by molar-refractivity contribution is 6.20. The summed E-state index contributed by atoms with van der Waals surface area (Å²) in [5.74, 6) is 1.91. The number of furan rings is 1. The lowest BCUT2D eigenvalue weighted by atomic mass is 9.92. The summed E-state index contributed by atoms with van der Waals surface area (Å²) in [7, 11) is 0. The second-order valence-electron chi connectivity index (χ2n) is 9.88. The zero-order chi connectivity index (χ0) is 27.2. The van der Waals surface area contributed by atoms with Crippen molar-refractivity contribution >= 4 is 32.8 Å². The molecular formula is C36H22N4O. The maximum atomic E-state index is 6.07. The Balaban J connectivity index is 1.38. The van der Waals surface area contributed by atoms with Gasteiger partial charge in [0.1, 0.15) is 5.58 Å². The van der Waals surface area contributed by atoms with Crippen LogP contribution in [-0.4, -0.2) is 19.9 Å². The molecule has 0 bridgehead atoms. The number of hydrogen-bond acceptors (Lipinski definition) is 5. The Kier molecular flexibility index (Phi) is 5.38. The fourth-order valence-electron chi connectivity index (χ4n) is 5.54. The number of fused-ring (bicyclic) bond motifs is 5. The van der Waals surface area contributed by atoms with Gasteiger partial charge in [0.05, 0.1) is 0 Å². The Morgan fingerprint density at radius 1 is 0.415 bits per heavy atom. The molecule has 0 amide bonds. The van der Waals surface area contributed by atoms with E-state index in [0.29, 0.717) is 23.2 Å². The number of hydrogen-bond donors (Lipinski definition) is 0. The van der Waals surface area contributed by atoms with Crippen LogP contribution in [0.15, 0.2) is 138 Å². The van der Waals surface area contributed by atoms with Gasteiger partial charge in [-0.3, -0.25) is 0 Å². The second-order valence-corrected chi connectivity index (χ2v) is 9.88. The van der Waals surface area contributed by atoms with Crippen LogP contribution in [0.1, 0.15) is 0 Å². The lowest BCUT2D eigenvalue weighted by Gasteiger charge is -2.14. The van der Waals surface area contributed by atoms with Gasteiger partial charge in [0, 0.05) is 33.7 Å². The van der Waals surface area contributed by atoms with Gasteiger partial charge in [0.2, 0.25) is 5.71 Å². The molecule has 0 aliphatic carbocycles. The normalized spacial score (nSPS) is 11.4. The van der Waals surface area contributed by atoms with E-state index in [1.165, 1.54) is 0 Å². The third kappa shape index (κ3) is 3.95. The number of aromatic nitrogens is 4. The van der Waals surface area contributed by atoms with Gasteiger partial charge in [0.15, 0.2) is 17.5 Å². The van der Waals surface area contributed by atoms with E-state index in [4.69, 9.17) is 19.4 Å². The summed E-state index contributed by atoms with van der Waals surface area (Å²) in [6.45, 7) is 0. The molecular weight excluding hydrogens is 504 g/mol. The standard InChI is InChI=1S/C36H22N4O/c1-3-11-23(12-4-1)33-38-34(24-13-5-2-6-14-24)40-35(39-33)29-16-8-7-15-26(29)25-17-9-18-28-27(25)20-21-31-32(28)30-19-10-22-37-36(30)41-31/h1-22H. The first-order valence-corrected chi connectivity index (χ1v) is 13.5. The van der Waals surface area contributed by atoms with Gasteiger partial charge in [-0.2, -0.15) is 0 Å². The molecule has 0 atom stereocenters. The largest absolute Gasteiger partial charge is 0.438 e. The number of benzene rings is 5. The Bertz CT molecular complexity index is 2150. The highest BCUT2D eigenvalue weighted by Crippen LogP contribution is 2.40. The van der Waals surface area contributed by atoms with Gasteiger partial charge in [-0.25, -0.2) is 19.9 Å². The predicted molar refractivity (Wildman–Crippen MR) is 164 cm³/mol. The molecule has 0 N–H and O–H groups in total.